The van der Waals surface area contributed by atoms with Gasteiger partial charge in [0.25, 0.3) is 0 Å². The summed E-state index contributed by atoms with van der Waals surface area (Å²) in [5.74, 6) is -0.414. The molecule has 0 saturated carbocycles. The standard InChI is InChI=1S/C21H23FN2O/c1-13-17(18-11-15(22)7-10-19(18)23-13)12-20(25)24-16-8-5-14(6-9-16)21(2,3)4/h5-11,23H,12H2,1-4H3,(H,24,25). The van der Waals surface area contributed by atoms with Gasteiger partial charge in [-0.25, -0.2) is 4.39 Å². The lowest BCUT2D eigenvalue weighted by Gasteiger charge is -2.19. The lowest BCUT2D eigenvalue weighted by Crippen LogP contribution is -2.15. The Hall–Kier alpha value is -2.62. The molecule has 3 rings (SSSR count). The van der Waals surface area contributed by atoms with E-state index in [2.05, 4.69) is 31.1 Å². The molecule has 0 bridgehead atoms. The predicted molar refractivity (Wildman–Crippen MR) is 100 cm³/mol. The van der Waals surface area contributed by atoms with Crippen LogP contribution < -0.4 is 5.32 Å². The molecule has 0 aliphatic rings. The normalized spacial score (nSPS) is 11.7. The van der Waals surface area contributed by atoms with Crippen molar-refractivity contribution in [2.45, 2.75) is 39.5 Å². The predicted octanol–water partition coefficient (Wildman–Crippen LogP) is 5.09. The van der Waals surface area contributed by atoms with Crippen molar-refractivity contribution < 1.29 is 9.18 Å². The maximum Gasteiger partial charge on any atom is 0.228 e. The molecule has 3 aromatic rings. The Balaban J connectivity index is 1.77. The highest BCUT2D eigenvalue weighted by molar-refractivity contribution is 5.96. The number of amides is 1. The third-order valence-electron chi connectivity index (χ3n) is 4.45. The number of aromatic nitrogens is 1. The van der Waals surface area contributed by atoms with Crippen molar-refractivity contribution in [3.63, 3.8) is 0 Å². The molecule has 1 aromatic heterocycles. The Morgan fingerprint density at radius 1 is 1.12 bits per heavy atom. The third-order valence-corrected chi connectivity index (χ3v) is 4.45. The van der Waals surface area contributed by atoms with E-state index in [9.17, 15) is 9.18 Å². The first-order valence-electron chi connectivity index (χ1n) is 8.41. The first-order valence-corrected chi connectivity index (χ1v) is 8.41. The minimum atomic E-state index is -0.300. The van der Waals surface area contributed by atoms with Gasteiger partial charge in [0, 0.05) is 22.3 Å². The summed E-state index contributed by atoms with van der Waals surface area (Å²) in [5, 5.41) is 3.68. The number of carbonyl (C=O) groups is 1. The molecule has 4 heteroatoms. The number of aromatic amines is 1. The zero-order valence-corrected chi connectivity index (χ0v) is 15.0. The summed E-state index contributed by atoms with van der Waals surface area (Å²) in [5.41, 5.74) is 4.62. The van der Waals surface area contributed by atoms with Gasteiger partial charge in [-0.15, -0.1) is 0 Å². The van der Waals surface area contributed by atoms with E-state index in [0.717, 1.165) is 27.8 Å². The highest BCUT2D eigenvalue weighted by atomic mass is 19.1. The van der Waals surface area contributed by atoms with Crippen LogP contribution in [0.3, 0.4) is 0 Å². The topological polar surface area (TPSA) is 44.9 Å². The zero-order valence-electron chi connectivity index (χ0n) is 15.0. The number of aryl methyl sites for hydroxylation is 1. The van der Waals surface area contributed by atoms with Crippen LogP contribution in [-0.2, 0) is 16.6 Å². The van der Waals surface area contributed by atoms with Crippen LogP contribution in [0.15, 0.2) is 42.5 Å². The van der Waals surface area contributed by atoms with Gasteiger partial charge in [0.1, 0.15) is 5.82 Å². The van der Waals surface area contributed by atoms with Crippen molar-refractivity contribution >= 4 is 22.5 Å². The molecule has 0 fully saturated rings. The second kappa shape index (κ2) is 6.36. The van der Waals surface area contributed by atoms with Crippen LogP contribution in [0.5, 0.6) is 0 Å². The smallest absolute Gasteiger partial charge is 0.228 e. The summed E-state index contributed by atoms with van der Waals surface area (Å²) in [6.07, 6.45) is 0.205. The van der Waals surface area contributed by atoms with Crippen molar-refractivity contribution in [1.82, 2.24) is 4.98 Å². The zero-order chi connectivity index (χ0) is 18.2. The van der Waals surface area contributed by atoms with Crippen molar-refractivity contribution in [3.05, 3.63) is 65.1 Å². The number of halogens is 1. The van der Waals surface area contributed by atoms with E-state index in [1.165, 1.54) is 17.7 Å². The summed E-state index contributed by atoms with van der Waals surface area (Å²) in [4.78, 5) is 15.6. The molecule has 25 heavy (non-hydrogen) atoms. The van der Waals surface area contributed by atoms with Gasteiger partial charge in [-0.2, -0.15) is 0 Å². The van der Waals surface area contributed by atoms with Crippen LogP contribution in [0.2, 0.25) is 0 Å². The maximum absolute atomic E-state index is 13.5. The monoisotopic (exact) mass is 338 g/mol. The summed E-state index contributed by atoms with van der Waals surface area (Å²) >= 11 is 0. The lowest BCUT2D eigenvalue weighted by molar-refractivity contribution is -0.115. The Morgan fingerprint density at radius 2 is 1.80 bits per heavy atom. The Kier molecular flexibility index (Phi) is 4.38. The quantitative estimate of drug-likeness (QED) is 0.686. The van der Waals surface area contributed by atoms with Gasteiger partial charge in [0.05, 0.1) is 6.42 Å². The molecule has 2 N–H and O–H groups in total. The molecule has 0 aliphatic heterocycles. The van der Waals surface area contributed by atoms with Gasteiger partial charge in [-0.3, -0.25) is 4.79 Å². The molecule has 0 atom stereocenters. The number of hydrogen-bond acceptors (Lipinski definition) is 1. The number of H-pyrrole nitrogens is 1. The molecule has 0 aliphatic carbocycles. The van der Waals surface area contributed by atoms with Crippen LogP contribution in [-0.4, -0.2) is 10.9 Å². The van der Waals surface area contributed by atoms with Gasteiger partial charge in [-0.1, -0.05) is 32.9 Å². The molecular formula is C21H23FN2O. The summed E-state index contributed by atoms with van der Waals surface area (Å²) in [7, 11) is 0. The van der Waals surface area contributed by atoms with E-state index in [4.69, 9.17) is 0 Å². The molecule has 2 aromatic carbocycles. The molecule has 0 radical (unpaired) electrons. The third kappa shape index (κ3) is 3.73. The lowest BCUT2D eigenvalue weighted by atomic mass is 9.87. The van der Waals surface area contributed by atoms with Crippen molar-refractivity contribution in [1.29, 1.82) is 0 Å². The fraction of sp³-hybridized carbons (Fsp3) is 0.286. The van der Waals surface area contributed by atoms with E-state index in [0.29, 0.717) is 0 Å². The van der Waals surface area contributed by atoms with Gasteiger partial charge >= 0.3 is 0 Å². The fourth-order valence-corrected chi connectivity index (χ4v) is 3.00. The first kappa shape index (κ1) is 17.2. The largest absolute Gasteiger partial charge is 0.358 e. The van der Waals surface area contributed by atoms with Crippen LogP contribution in [0, 0.1) is 12.7 Å². The van der Waals surface area contributed by atoms with Crippen LogP contribution >= 0.6 is 0 Å². The van der Waals surface area contributed by atoms with Gasteiger partial charge < -0.3 is 10.3 Å². The average Bonchev–Trinajstić information content (AvgIpc) is 2.82. The Labute approximate surface area is 147 Å². The number of carbonyl (C=O) groups excluding carboxylic acids is 1. The second-order valence-electron chi connectivity index (χ2n) is 7.47. The highest BCUT2D eigenvalue weighted by Gasteiger charge is 2.15. The molecule has 0 saturated heterocycles. The molecule has 130 valence electrons. The minimum absolute atomic E-state index is 0.0771. The fourth-order valence-electron chi connectivity index (χ4n) is 3.00. The molecular weight excluding hydrogens is 315 g/mol. The number of rotatable bonds is 3. The Morgan fingerprint density at radius 3 is 2.44 bits per heavy atom. The number of fused-ring (bicyclic) bond motifs is 1. The van der Waals surface area contributed by atoms with Crippen molar-refractivity contribution in [2.24, 2.45) is 0 Å². The minimum Gasteiger partial charge on any atom is -0.358 e. The summed E-state index contributed by atoms with van der Waals surface area (Å²) in [6.45, 7) is 8.36. The van der Waals surface area contributed by atoms with Crippen LogP contribution in [0.25, 0.3) is 10.9 Å². The molecule has 0 spiro atoms. The average molecular weight is 338 g/mol. The van der Waals surface area contributed by atoms with E-state index in [1.807, 2.05) is 31.2 Å². The summed E-state index contributed by atoms with van der Waals surface area (Å²) in [6, 6.07) is 12.5. The molecule has 0 unspecified atom stereocenters. The molecule has 1 heterocycles. The van der Waals surface area contributed by atoms with E-state index in [-0.39, 0.29) is 23.6 Å². The van der Waals surface area contributed by atoms with Crippen LogP contribution in [0.1, 0.15) is 37.6 Å². The van der Waals surface area contributed by atoms with Crippen molar-refractivity contribution in [3.8, 4) is 0 Å². The Bertz CT molecular complexity index is 917. The van der Waals surface area contributed by atoms with Gasteiger partial charge in [0.15, 0.2) is 0 Å². The molecule has 3 nitrogen and oxygen atoms in total. The SMILES string of the molecule is Cc1[nH]c2ccc(F)cc2c1CC(=O)Nc1ccc(C(C)(C)C)cc1. The van der Waals surface area contributed by atoms with Gasteiger partial charge in [0.2, 0.25) is 5.91 Å². The summed E-state index contributed by atoms with van der Waals surface area (Å²) < 4.78 is 13.5. The first-order chi connectivity index (χ1) is 11.7. The number of nitrogens with one attached hydrogen (secondary N) is 2. The molecule has 1 amide bonds. The number of anilines is 1. The highest BCUT2D eigenvalue weighted by Crippen LogP contribution is 2.25. The van der Waals surface area contributed by atoms with E-state index < -0.39 is 0 Å². The second-order valence-corrected chi connectivity index (χ2v) is 7.47. The number of hydrogen-bond donors (Lipinski definition) is 2. The van der Waals surface area contributed by atoms with E-state index in [1.54, 1.807) is 6.07 Å². The maximum atomic E-state index is 13.5. The number of benzene rings is 2. The van der Waals surface area contributed by atoms with E-state index >= 15 is 0 Å². The van der Waals surface area contributed by atoms with Gasteiger partial charge in [-0.05, 0) is 53.8 Å². The van der Waals surface area contributed by atoms with Crippen LogP contribution in [0.4, 0.5) is 10.1 Å². The van der Waals surface area contributed by atoms with Crippen molar-refractivity contribution in [2.75, 3.05) is 5.32 Å².